The third-order valence-corrected chi connectivity index (χ3v) is 6.18. The fraction of sp³-hybridized carbons (Fsp3) is 0.261. The van der Waals surface area contributed by atoms with E-state index in [0.717, 1.165) is 27.5 Å². The maximum Gasteiger partial charge on any atom is 0.283 e. The van der Waals surface area contributed by atoms with Gasteiger partial charge in [-0.25, -0.2) is 0 Å². The van der Waals surface area contributed by atoms with Gasteiger partial charge in [-0.05, 0) is 62.1 Å². The van der Waals surface area contributed by atoms with Gasteiger partial charge < -0.3 is 4.57 Å². The first-order chi connectivity index (χ1) is 13.8. The highest BCUT2D eigenvalue weighted by molar-refractivity contribution is 8.17. The van der Waals surface area contributed by atoms with E-state index in [4.69, 9.17) is 5.41 Å². The van der Waals surface area contributed by atoms with Crippen LogP contribution in [0.25, 0.3) is 11.8 Å². The van der Waals surface area contributed by atoms with Crippen LogP contribution in [0.2, 0.25) is 0 Å². The lowest BCUT2D eigenvalue weighted by Gasteiger charge is -2.22. The second-order valence-corrected chi connectivity index (χ2v) is 8.94. The molecule has 0 bridgehead atoms. The van der Waals surface area contributed by atoms with Gasteiger partial charge in [-0.1, -0.05) is 37.7 Å². The summed E-state index contributed by atoms with van der Waals surface area (Å²) in [4.78, 5) is 19.4. The molecule has 0 fully saturated rings. The lowest BCUT2D eigenvalue weighted by molar-refractivity contribution is -0.114. The molecule has 29 heavy (non-hydrogen) atoms. The normalized spacial score (nSPS) is 17.9. The lowest BCUT2D eigenvalue weighted by Crippen LogP contribution is -2.35. The molecule has 2 aliphatic heterocycles. The predicted octanol–water partition coefficient (Wildman–Crippen LogP) is 5.38. The van der Waals surface area contributed by atoms with E-state index in [9.17, 15) is 4.79 Å². The van der Waals surface area contributed by atoms with Crippen LogP contribution in [0.5, 0.6) is 0 Å². The van der Waals surface area contributed by atoms with Crippen molar-refractivity contribution in [3.63, 3.8) is 0 Å². The predicted molar refractivity (Wildman–Crippen MR) is 121 cm³/mol. The van der Waals surface area contributed by atoms with Crippen LogP contribution in [0, 0.1) is 19.3 Å². The highest BCUT2D eigenvalue weighted by atomic mass is 32.2. The molecular weight excluding hydrogens is 380 g/mol. The van der Waals surface area contributed by atoms with E-state index >= 15 is 0 Å². The first-order valence-electron chi connectivity index (χ1n) is 9.64. The lowest BCUT2D eigenvalue weighted by atomic mass is 10.0. The van der Waals surface area contributed by atoms with Gasteiger partial charge in [0, 0.05) is 28.2 Å². The summed E-state index contributed by atoms with van der Waals surface area (Å²) in [5, 5.41) is 9.05. The fourth-order valence-electron chi connectivity index (χ4n) is 3.70. The molecule has 0 atom stereocenters. The van der Waals surface area contributed by atoms with Crippen molar-refractivity contribution < 1.29 is 4.79 Å². The summed E-state index contributed by atoms with van der Waals surface area (Å²) >= 11 is 1.42. The topological polar surface area (TPSA) is 61.5 Å². The van der Waals surface area contributed by atoms with Gasteiger partial charge in [0.25, 0.3) is 5.91 Å². The van der Waals surface area contributed by atoms with Crippen molar-refractivity contribution in [3.05, 3.63) is 69.5 Å². The minimum Gasteiger partial charge on any atom is -0.318 e. The number of hydrogen-bond acceptors (Lipinski definition) is 3. The van der Waals surface area contributed by atoms with Gasteiger partial charge in [-0.3, -0.25) is 15.1 Å². The van der Waals surface area contributed by atoms with E-state index in [0.29, 0.717) is 16.7 Å². The van der Waals surface area contributed by atoms with Gasteiger partial charge in [0.2, 0.25) is 0 Å². The molecule has 2 aliphatic rings. The molecule has 1 N–H and O–H groups in total. The zero-order chi connectivity index (χ0) is 20.9. The minimum absolute atomic E-state index is 0.176. The molecule has 4 rings (SSSR count). The van der Waals surface area contributed by atoms with E-state index in [1.54, 1.807) is 11.0 Å². The highest BCUT2D eigenvalue weighted by Crippen LogP contribution is 2.33. The molecule has 1 aromatic heterocycles. The second kappa shape index (κ2) is 7.19. The fourth-order valence-corrected chi connectivity index (χ4v) is 4.51. The van der Waals surface area contributed by atoms with Crippen molar-refractivity contribution in [2.75, 3.05) is 0 Å². The van der Waals surface area contributed by atoms with Crippen molar-refractivity contribution in [1.29, 1.82) is 5.41 Å². The van der Waals surface area contributed by atoms with Crippen molar-refractivity contribution in [2.45, 2.75) is 40.5 Å². The van der Waals surface area contributed by atoms with Crippen LogP contribution in [0.1, 0.15) is 49.2 Å². The summed E-state index contributed by atoms with van der Waals surface area (Å²) in [6.07, 6.45) is 3.64. The van der Waals surface area contributed by atoms with Crippen LogP contribution in [-0.2, 0) is 4.79 Å². The van der Waals surface area contributed by atoms with Crippen LogP contribution < -0.4 is 0 Å². The summed E-state index contributed by atoms with van der Waals surface area (Å²) in [5.74, 6) is 0.310. The number of nitrogens with one attached hydrogen (secondary N) is 1. The van der Waals surface area contributed by atoms with Crippen LogP contribution >= 0.6 is 11.8 Å². The van der Waals surface area contributed by atoms with Crippen LogP contribution in [0.3, 0.4) is 0 Å². The van der Waals surface area contributed by atoms with E-state index in [-0.39, 0.29) is 11.7 Å². The molecule has 0 spiro atoms. The number of nitrogens with zero attached hydrogens (tertiary/aromatic N) is 3. The standard InChI is InChI=1S/C23H24N4OS/c1-13(2)17-6-8-19(9-7-17)27-14(3)10-18(16(27)5)11-20-21(24)26-12-15(4)29-23(26)25-22(20)28/h6-13,24H,1-5H3. The Kier molecular flexibility index (Phi) is 4.82. The molecule has 0 unspecified atom stereocenters. The Morgan fingerprint density at radius 3 is 2.48 bits per heavy atom. The van der Waals surface area contributed by atoms with Gasteiger partial charge in [0.15, 0.2) is 5.17 Å². The number of fused-ring (bicyclic) bond motifs is 1. The number of carbonyl (C=O) groups is 1. The summed E-state index contributed by atoms with van der Waals surface area (Å²) in [5.41, 5.74) is 5.75. The number of aryl methyl sites for hydroxylation is 1. The zero-order valence-electron chi connectivity index (χ0n) is 17.3. The van der Waals surface area contributed by atoms with Gasteiger partial charge in [-0.2, -0.15) is 4.99 Å². The van der Waals surface area contributed by atoms with Crippen LogP contribution in [-0.4, -0.2) is 26.4 Å². The Labute approximate surface area is 175 Å². The number of amidine groups is 2. The van der Waals surface area contributed by atoms with Gasteiger partial charge in [0.1, 0.15) is 5.84 Å². The van der Waals surface area contributed by atoms with Crippen molar-refractivity contribution in [2.24, 2.45) is 4.99 Å². The number of amides is 1. The Balaban J connectivity index is 1.73. The van der Waals surface area contributed by atoms with Gasteiger partial charge >= 0.3 is 0 Å². The number of aromatic nitrogens is 1. The number of allylic oxidation sites excluding steroid dienone is 1. The Morgan fingerprint density at radius 2 is 1.83 bits per heavy atom. The SMILES string of the molecule is CC1=CN2C(=N)C(=Cc3cc(C)n(-c4ccc(C(C)C)cc4)c3C)C(=O)N=C2S1. The van der Waals surface area contributed by atoms with E-state index in [1.165, 1.54) is 17.3 Å². The third-order valence-electron chi connectivity index (χ3n) is 5.28. The maximum atomic E-state index is 12.6. The van der Waals surface area contributed by atoms with Crippen LogP contribution in [0.4, 0.5) is 0 Å². The van der Waals surface area contributed by atoms with E-state index in [2.05, 4.69) is 60.7 Å². The molecule has 148 valence electrons. The molecule has 3 heterocycles. The maximum absolute atomic E-state index is 12.6. The van der Waals surface area contributed by atoms with Gasteiger partial charge in [0.05, 0.1) is 5.57 Å². The Morgan fingerprint density at radius 1 is 1.14 bits per heavy atom. The van der Waals surface area contributed by atoms with Crippen molar-refractivity contribution in [3.8, 4) is 5.69 Å². The number of benzene rings is 1. The molecular formula is C23H24N4OS. The molecule has 0 radical (unpaired) electrons. The third kappa shape index (κ3) is 3.38. The van der Waals surface area contributed by atoms with Crippen molar-refractivity contribution >= 4 is 34.7 Å². The Bertz CT molecular complexity index is 1120. The smallest absolute Gasteiger partial charge is 0.283 e. The summed E-state index contributed by atoms with van der Waals surface area (Å²) in [6.45, 7) is 10.4. The molecule has 1 aromatic carbocycles. The average molecular weight is 405 g/mol. The number of rotatable bonds is 3. The van der Waals surface area contributed by atoms with E-state index < -0.39 is 0 Å². The Hall–Kier alpha value is -2.86. The van der Waals surface area contributed by atoms with Gasteiger partial charge in [-0.15, -0.1) is 0 Å². The molecule has 5 nitrogen and oxygen atoms in total. The quantitative estimate of drug-likeness (QED) is 0.698. The zero-order valence-corrected chi connectivity index (χ0v) is 18.1. The summed E-state index contributed by atoms with van der Waals surface area (Å²) in [6, 6.07) is 10.6. The highest BCUT2D eigenvalue weighted by Gasteiger charge is 2.33. The first-order valence-corrected chi connectivity index (χ1v) is 10.5. The number of aliphatic imine (C=N–C) groups is 1. The molecule has 6 heteroatoms. The van der Waals surface area contributed by atoms with Crippen molar-refractivity contribution in [1.82, 2.24) is 9.47 Å². The molecule has 1 amide bonds. The molecule has 2 aromatic rings. The summed E-state index contributed by atoms with van der Waals surface area (Å²) in [7, 11) is 0. The number of thioether (sulfide) groups is 1. The molecule has 0 saturated carbocycles. The largest absolute Gasteiger partial charge is 0.318 e. The minimum atomic E-state index is -0.358. The second-order valence-electron chi connectivity index (χ2n) is 7.73. The molecule has 0 aliphatic carbocycles. The number of carbonyl (C=O) groups excluding carboxylic acids is 1. The van der Waals surface area contributed by atoms with E-state index in [1.807, 2.05) is 20.0 Å². The first kappa shape index (κ1) is 19.5. The average Bonchev–Trinajstić information content (AvgIpc) is 3.17. The summed E-state index contributed by atoms with van der Waals surface area (Å²) < 4.78 is 2.18. The molecule has 0 saturated heterocycles. The van der Waals surface area contributed by atoms with Crippen LogP contribution in [0.15, 0.2) is 52.0 Å². The monoisotopic (exact) mass is 404 g/mol. The number of hydrogen-bond donors (Lipinski definition) is 1.